The summed E-state index contributed by atoms with van der Waals surface area (Å²) in [7, 11) is -4.18. The Morgan fingerprint density at radius 3 is 2.86 bits per heavy atom. The second-order valence-corrected chi connectivity index (χ2v) is 6.51. The first-order chi connectivity index (χ1) is 9.89. The van der Waals surface area contributed by atoms with Crippen LogP contribution < -0.4 is 5.73 Å². The molecule has 0 aliphatic carbocycles. The van der Waals surface area contributed by atoms with E-state index in [0.29, 0.717) is 12.8 Å². The van der Waals surface area contributed by atoms with Crippen molar-refractivity contribution in [1.82, 2.24) is 4.31 Å². The lowest BCUT2D eigenvalue weighted by molar-refractivity contribution is -0.146. The topological polar surface area (TPSA) is 89.7 Å². The molecule has 1 unspecified atom stereocenters. The first-order valence-corrected chi connectivity index (χ1v) is 8.06. The number of halogens is 1. The van der Waals surface area contributed by atoms with Gasteiger partial charge < -0.3 is 10.5 Å². The Labute approximate surface area is 122 Å². The molecular formula is C13H17FN2O4S. The highest BCUT2D eigenvalue weighted by atomic mass is 32.2. The lowest BCUT2D eigenvalue weighted by Gasteiger charge is -2.23. The Bertz CT molecular complexity index is 627. The fourth-order valence-electron chi connectivity index (χ4n) is 2.42. The van der Waals surface area contributed by atoms with Crippen LogP contribution in [0.4, 0.5) is 10.1 Å². The van der Waals surface area contributed by atoms with Crippen molar-refractivity contribution in [3.05, 3.63) is 24.0 Å². The number of benzene rings is 1. The lowest BCUT2D eigenvalue weighted by Crippen LogP contribution is -2.41. The number of esters is 1. The molecule has 0 radical (unpaired) electrons. The first kappa shape index (κ1) is 15.7. The van der Waals surface area contributed by atoms with Crippen LogP contribution in [0, 0.1) is 5.82 Å². The second kappa shape index (κ2) is 5.98. The summed E-state index contributed by atoms with van der Waals surface area (Å²) in [6.07, 6.45) is 0.865. The van der Waals surface area contributed by atoms with Gasteiger partial charge in [-0.25, -0.2) is 12.8 Å². The summed E-state index contributed by atoms with van der Waals surface area (Å²) in [6, 6.07) is 2.74. The number of carbonyl (C=O) groups is 1. The molecule has 2 rings (SSSR count). The van der Waals surface area contributed by atoms with Crippen molar-refractivity contribution in [2.45, 2.75) is 30.7 Å². The first-order valence-electron chi connectivity index (χ1n) is 6.62. The molecule has 0 spiro atoms. The largest absolute Gasteiger partial charge is 0.465 e. The number of ether oxygens (including phenoxy) is 1. The number of rotatable bonds is 4. The van der Waals surface area contributed by atoms with E-state index in [4.69, 9.17) is 10.5 Å². The van der Waals surface area contributed by atoms with Crippen LogP contribution in [0.3, 0.4) is 0 Å². The summed E-state index contributed by atoms with van der Waals surface area (Å²) in [5.41, 5.74) is 5.42. The highest BCUT2D eigenvalue weighted by Crippen LogP contribution is 2.31. The van der Waals surface area contributed by atoms with Crippen molar-refractivity contribution in [3.8, 4) is 0 Å². The predicted octanol–water partition coefficient (Wildman–Crippen LogP) is 1.12. The molecule has 8 heteroatoms. The van der Waals surface area contributed by atoms with Crippen LogP contribution in [0.25, 0.3) is 0 Å². The van der Waals surface area contributed by atoms with Gasteiger partial charge in [0.05, 0.1) is 12.3 Å². The standard InChI is InChI=1S/C13H17FN2O4S/c1-2-20-13(17)11-7-4-8-16(11)21(18,19)12-9(14)5-3-6-10(12)15/h3,5-6,11H,2,4,7-8,15H2,1H3. The fourth-order valence-corrected chi connectivity index (χ4v) is 4.23. The van der Waals surface area contributed by atoms with Gasteiger partial charge in [0.1, 0.15) is 16.8 Å². The van der Waals surface area contributed by atoms with Gasteiger partial charge in [-0.1, -0.05) is 6.07 Å². The van der Waals surface area contributed by atoms with E-state index in [0.717, 1.165) is 10.4 Å². The van der Waals surface area contributed by atoms with Crippen LogP contribution in [-0.2, 0) is 19.6 Å². The number of anilines is 1. The van der Waals surface area contributed by atoms with Crippen molar-refractivity contribution in [3.63, 3.8) is 0 Å². The number of nitrogens with two attached hydrogens (primary N) is 1. The molecule has 0 saturated carbocycles. The molecule has 0 amide bonds. The summed E-state index contributed by atoms with van der Waals surface area (Å²) >= 11 is 0. The minimum atomic E-state index is -4.18. The van der Waals surface area contributed by atoms with Crippen molar-refractivity contribution < 1.29 is 22.3 Å². The van der Waals surface area contributed by atoms with E-state index in [1.165, 1.54) is 12.1 Å². The van der Waals surface area contributed by atoms with E-state index in [2.05, 4.69) is 0 Å². The van der Waals surface area contributed by atoms with Crippen LogP contribution in [0.1, 0.15) is 19.8 Å². The molecule has 1 aliphatic heterocycles. The monoisotopic (exact) mass is 316 g/mol. The molecule has 1 heterocycles. The summed E-state index contributed by atoms with van der Waals surface area (Å²) in [5.74, 6) is -1.54. The van der Waals surface area contributed by atoms with E-state index in [1.54, 1.807) is 6.92 Å². The molecular weight excluding hydrogens is 299 g/mol. The third-order valence-corrected chi connectivity index (χ3v) is 5.33. The molecule has 1 aromatic rings. The minimum absolute atomic E-state index is 0.138. The number of hydrogen-bond acceptors (Lipinski definition) is 5. The summed E-state index contributed by atoms with van der Waals surface area (Å²) in [6.45, 7) is 1.94. The Balaban J connectivity index is 2.41. The van der Waals surface area contributed by atoms with Gasteiger partial charge in [0.15, 0.2) is 0 Å². The van der Waals surface area contributed by atoms with Gasteiger partial charge in [0.2, 0.25) is 10.0 Å². The summed E-state index contributed by atoms with van der Waals surface area (Å²) in [4.78, 5) is 11.3. The van der Waals surface area contributed by atoms with Gasteiger partial charge in [-0.15, -0.1) is 0 Å². The second-order valence-electron chi connectivity index (χ2n) is 4.68. The van der Waals surface area contributed by atoms with Crippen LogP contribution in [-0.4, -0.2) is 37.9 Å². The van der Waals surface area contributed by atoms with Gasteiger partial charge in [-0.2, -0.15) is 4.31 Å². The van der Waals surface area contributed by atoms with Crippen LogP contribution in [0.5, 0.6) is 0 Å². The Kier molecular flexibility index (Phi) is 4.48. The molecule has 21 heavy (non-hydrogen) atoms. The van der Waals surface area contributed by atoms with Crippen LogP contribution >= 0.6 is 0 Å². The molecule has 2 N–H and O–H groups in total. The maximum absolute atomic E-state index is 13.9. The van der Waals surface area contributed by atoms with Gasteiger partial charge in [-0.05, 0) is 31.9 Å². The molecule has 1 fully saturated rings. The van der Waals surface area contributed by atoms with Gasteiger partial charge in [0, 0.05) is 6.54 Å². The number of nitrogens with zero attached hydrogens (tertiary/aromatic N) is 1. The molecule has 116 valence electrons. The number of nitrogen functional groups attached to an aromatic ring is 1. The maximum atomic E-state index is 13.9. The Hall–Kier alpha value is -1.67. The lowest BCUT2D eigenvalue weighted by atomic mass is 10.2. The number of hydrogen-bond donors (Lipinski definition) is 1. The van der Waals surface area contributed by atoms with Crippen LogP contribution in [0.2, 0.25) is 0 Å². The van der Waals surface area contributed by atoms with Gasteiger partial charge in [0.25, 0.3) is 0 Å². The highest BCUT2D eigenvalue weighted by molar-refractivity contribution is 7.89. The fraction of sp³-hybridized carbons (Fsp3) is 0.462. The zero-order valence-corrected chi connectivity index (χ0v) is 12.4. The van der Waals surface area contributed by atoms with Crippen molar-refractivity contribution >= 4 is 21.7 Å². The molecule has 0 aromatic heterocycles. The SMILES string of the molecule is CCOC(=O)C1CCCN1S(=O)(=O)c1c(N)cccc1F. The molecule has 1 atom stereocenters. The molecule has 6 nitrogen and oxygen atoms in total. The molecule has 0 bridgehead atoms. The summed E-state index contributed by atoms with van der Waals surface area (Å²) < 4.78 is 44.9. The van der Waals surface area contributed by atoms with E-state index in [9.17, 15) is 17.6 Å². The quantitative estimate of drug-likeness (QED) is 0.664. The van der Waals surface area contributed by atoms with E-state index >= 15 is 0 Å². The van der Waals surface area contributed by atoms with Crippen LogP contribution in [0.15, 0.2) is 23.1 Å². The molecule has 1 saturated heterocycles. The molecule has 1 aliphatic rings. The zero-order chi connectivity index (χ0) is 15.6. The minimum Gasteiger partial charge on any atom is -0.465 e. The predicted molar refractivity (Wildman–Crippen MR) is 74.4 cm³/mol. The third-order valence-electron chi connectivity index (χ3n) is 3.33. The van der Waals surface area contributed by atoms with E-state index in [-0.39, 0.29) is 18.8 Å². The number of carbonyl (C=O) groups excluding carboxylic acids is 1. The van der Waals surface area contributed by atoms with Gasteiger partial charge in [-0.3, -0.25) is 4.79 Å². The van der Waals surface area contributed by atoms with E-state index < -0.39 is 32.7 Å². The summed E-state index contributed by atoms with van der Waals surface area (Å²) in [5, 5.41) is 0. The number of sulfonamides is 1. The average molecular weight is 316 g/mol. The zero-order valence-electron chi connectivity index (χ0n) is 11.6. The Morgan fingerprint density at radius 1 is 1.52 bits per heavy atom. The Morgan fingerprint density at radius 2 is 2.24 bits per heavy atom. The van der Waals surface area contributed by atoms with E-state index in [1.807, 2.05) is 0 Å². The van der Waals surface area contributed by atoms with Gasteiger partial charge >= 0.3 is 5.97 Å². The van der Waals surface area contributed by atoms with Crippen molar-refractivity contribution in [2.24, 2.45) is 0 Å². The van der Waals surface area contributed by atoms with Crippen molar-refractivity contribution in [1.29, 1.82) is 0 Å². The van der Waals surface area contributed by atoms with Crippen molar-refractivity contribution in [2.75, 3.05) is 18.9 Å². The molecule has 1 aromatic carbocycles. The average Bonchev–Trinajstić information content (AvgIpc) is 2.88. The smallest absolute Gasteiger partial charge is 0.324 e. The normalized spacial score (nSPS) is 19.6. The third kappa shape index (κ3) is 2.86. The maximum Gasteiger partial charge on any atom is 0.324 e. The highest BCUT2D eigenvalue weighted by Gasteiger charge is 2.42.